The highest BCUT2D eigenvalue weighted by Crippen LogP contribution is 2.41. The van der Waals surface area contributed by atoms with Crippen LogP contribution >= 0.6 is 23.2 Å². The molecule has 250 valence electrons. The number of hydrogen-bond acceptors (Lipinski definition) is 7. The number of aryl methyl sites for hydroxylation is 2. The number of amides is 1. The van der Waals surface area contributed by atoms with Crippen LogP contribution < -0.4 is 15.2 Å². The zero-order valence-corrected chi connectivity index (χ0v) is 27.0. The Morgan fingerprint density at radius 1 is 0.750 bits per heavy atom. The molecule has 1 aliphatic rings. The van der Waals surface area contributed by atoms with Crippen LogP contribution in [-0.4, -0.2) is 48.6 Å². The van der Waals surface area contributed by atoms with Gasteiger partial charge in [-0.1, -0.05) is 53.5 Å². The average molecular weight is 705 g/mol. The summed E-state index contributed by atoms with van der Waals surface area (Å²) in [4.78, 5) is 43.0. The van der Waals surface area contributed by atoms with E-state index in [2.05, 4.69) is 14.5 Å². The highest BCUT2D eigenvalue weighted by atomic mass is 35.5. The lowest BCUT2D eigenvalue weighted by atomic mass is 9.82. The van der Waals surface area contributed by atoms with Gasteiger partial charge in [0.15, 0.2) is 11.5 Å². The molecule has 5 rings (SSSR count). The number of aliphatic imine (C=N–C) groups is 1. The van der Waals surface area contributed by atoms with Crippen LogP contribution in [0.5, 0.6) is 11.5 Å². The number of ether oxygens (including phenoxy) is 2. The molecule has 1 heterocycles. The first-order valence-corrected chi connectivity index (χ1v) is 14.7. The zero-order chi connectivity index (χ0) is 35.3. The third kappa shape index (κ3) is 7.77. The summed E-state index contributed by atoms with van der Waals surface area (Å²) in [5, 5.41) is 0.780. The minimum absolute atomic E-state index is 0.0285. The number of carbonyl (C=O) groups is 3. The summed E-state index contributed by atoms with van der Waals surface area (Å²) in [6, 6.07) is 21.1. The van der Waals surface area contributed by atoms with Gasteiger partial charge in [-0.15, -0.1) is 0 Å². The van der Waals surface area contributed by atoms with E-state index >= 15 is 0 Å². The third-order valence-corrected chi connectivity index (χ3v) is 7.71. The van der Waals surface area contributed by atoms with Gasteiger partial charge in [0.25, 0.3) is 5.91 Å². The molecule has 0 saturated carbocycles. The number of alkyl halides is 4. The number of Topliss-reactive ketones (excluding diaryl/α,β-unsaturated/α-hetero) is 2. The fourth-order valence-corrected chi connectivity index (χ4v) is 5.29. The van der Waals surface area contributed by atoms with Crippen molar-refractivity contribution in [2.24, 2.45) is 10.7 Å². The minimum Gasteiger partial charge on any atom is -0.435 e. The summed E-state index contributed by atoms with van der Waals surface area (Å²) >= 11 is 11.9. The number of ketones is 2. The van der Waals surface area contributed by atoms with Gasteiger partial charge in [-0.25, -0.2) is 4.99 Å². The lowest BCUT2D eigenvalue weighted by molar-refractivity contribution is -0.129. The van der Waals surface area contributed by atoms with E-state index in [1.807, 2.05) is 0 Å². The second-order valence-electron chi connectivity index (χ2n) is 10.4. The summed E-state index contributed by atoms with van der Waals surface area (Å²) in [5.74, 6) is -1.78. The molecular weight excluding hydrogens is 677 g/mol. The maximum absolute atomic E-state index is 13.1. The van der Waals surface area contributed by atoms with Gasteiger partial charge < -0.3 is 15.2 Å². The lowest BCUT2D eigenvalue weighted by Gasteiger charge is -2.27. The smallest absolute Gasteiger partial charge is 0.387 e. The standard InChI is InChI=1S/C18H16ClF2N3O2.C16H11ClF2O3/c1-10-8-12(6-7-14(10)26-16(20)21)18(11-4-3-5-13(19)9-11)15(25)24(2)17(22)23-18;1-9-7-11(5-6-13(9)22-16(18)19)15(21)14(20)10-3-2-4-12(17)8-10/h3-9,16H,1-2H3,(H2,22,23);2-8,16H,1H3. The lowest BCUT2D eigenvalue weighted by Crippen LogP contribution is -2.41. The van der Waals surface area contributed by atoms with Gasteiger partial charge in [-0.3, -0.25) is 19.3 Å². The van der Waals surface area contributed by atoms with E-state index in [1.54, 1.807) is 49.4 Å². The first-order chi connectivity index (χ1) is 22.6. The predicted octanol–water partition coefficient (Wildman–Crippen LogP) is 7.60. The Morgan fingerprint density at radius 2 is 1.25 bits per heavy atom. The van der Waals surface area contributed by atoms with Crippen molar-refractivity contribution in [3.63, 3.8) is 0 Å². The molecule has 2 N–H and O–H groups in total. The van der Waals surface area contributed by atoms with Crippen molar-refractivity contribution in [3.8, 4) is 11.5 Å². The monoisotopic (exact) mass is 703 g/mol. The molecule has 0 aromatic heterocycles. The Hall–Kier alpha value is -4.94. The Kier molecular flexibility index (Phi) is 11.1. The molecule has 0 radical (unpaired) electrons. The van der Waals surface area contributed by atoms with E-state index < -0.39 is 30.3 Å². The van der Waals surface area contributed by atoms with Crippen LogP contribution in [-0.2, 0) is 10.3 Å². The highest BCUT2D eigenvalue weighted by Gasteiger charge is 2.49. The fraction of sp³-hybridized carbons (Fsp3) is 0.176. The van der Waals surface area contributed by atoms with Crippen LogP contribution in [0.15, 0.2) is 89.9 Å². The summed E-state index contributed by atoms with van der Waals surface area (Å²) < 4.78 is 58.2. The van der Waals surface area contributed by atoms with E-state index in [1.165, 1.54) is 61.3 Å². The van der Waals surface area contributed by atoms with E-state index in [0.717, 1.165) is 0 Å². The molecule has 1 atom stereocenters. The first-order valence-electron chi connectivity index (χ1n) is 14.0. The van der Waals surface area contributed by atoms with Gasteiger partial charge in [0.2, 0.25) is 11.6 Å². The maximum atomic E-state index is 13.1. The summed E-state index contributed by atoms with van der Waals surface area (Å²) in [6.45, 7) is -2.76. The topological polar surface area (TPSA) is 111 Å². The summed E-state index contributed by atoms with van der Waals surface area (Å²) in [6.07, 6.45) is 0. The molecule has 48 heavy (non-hydrogen) atoms. The van der Waals surface area contributed by atoms with Gasteiger partial charge in [0.05, 0.1) is 0 Å². The quantitative estimate of drug-likeness (QED) is 0.109. The second kappa shape index (κ2) is 14.9. The van der Waals surface area contributed by atoms with Gasteiger partial charge in [-0.05, 0) is 90.7 Å². The molecule has 4 aromatic rings. The van der Waals surface area contributed by atoms with Crippen molar-refractivity contribution >= 4 is 46.6 Å². The zero-order valence-electron chi connectivity index (χ0n) is 25.5. The van der Waals surface area contributed by atoms with Gasteiger partial charge in [0, 0.05) is 28.2 Å². The maximum Gasteiger partial charge on any atom is 0.387 e. The Labute approximate surface area is 282 Å². The number of rotatable bonds is 9. The number of benzene rings is 4. The largest absolute Gasteiger partial charge is 0.435 e. The van der Waals surface area contributed by atoms with E-state index in [4.69, 9.17) is 28.9 Å². The Morgan fingerprint density at radius 3 is 1.73 bits per heavy atom. The highest BCUT2D eigenvalue weighted by molar-refractivity contribution is 6.49. The average Bonchev–Trinajstić information content (AvgIpc) is 3.26. The van der Waals surface area contributed by atoms with Crippen molar-refractivity contribution in [1.82, 2.24) is 4.90 Å². The van der Waals surface area contributed by atoms with Crippen molar-refractivity contribution in [2.75, 3.05) is 7.05 Å². The van der Waals surface area contributed by atoms with Crippen molar-refractivity contribution < 1.29 is 41.4 Å². The molecular formula is C34H27Cl2F4N3O5. The Balaban J connectivity index is 0.000000220. The number of halogens is 6. The van der Waals surface area contributed by atoms with Crippen LogP contribution in [0.1, 0.15) is 43.0 Å². The minimum atomic E-state index is -2.95. The third-order valence-electron chi connectivity index (χ3n) is 7.24. The first kappa shape index (κ1) is 35.9. The normalized spacial score (nSPS) is 15.6. The second-order valence-corrected chi connectivity index (χ2v) is 11.3. The summed E-state index contributed by atoms with van der Waals surface area (Å²) in [7, 11) is 1.52. The van der Waals surface area contributed by atoms with E-state index in [0.29, 0.717) is 32.3 Å². The van der Waals surface area contributed by atoms with Crippen LogP contribution in [0.4, 0.5) is 17.6 Å². The van der Waals surface area contributed by atoms with Crippen LogP contribution in [0.2, 0.25) is 10.0 Å². The molecule has 1 amide bonds. The van der Waals surface area contributed by atoms with Gasteiger partial charge in [0.1, 0.15) is 11.5 Å². The van der Waals surface area contributed by atoms with Crippen molar-refractivity contribution in [3.05, 3.63) is 128 Å². The Bertz CT molecular complexity index is 1910. The van der Waals surface area contributed by atoms with Crippen LogP contribution in [0, 0.1) is 13.8 Å². The molecule has 8 nitrogen and oxygen atoms in total. The number of nitrogens with zero attached hydrogens (tertiary/aromatic N) is 2. The predicted molar refractivity (Wildman–Crippen MR) is 172 cm³/mol. The molecule has 0 saturated heterocycles. The number of nitrogens with two attached hydrogens (primary N) is 1. The van der Waals surface area contributed by atoms with Gasteiger partial charge >= 0.3 is 13.2 Å². The van der Waals surface area contributed by atoms with E-state index in [-0.39, 0.29) is 34.5 Å². The van der Waals surface area contributed by atoms with Gasteiger partial charge in [-0.2, -0.15) is 17.6 Å². The molecule has 14 heteroatoms. The number of guanidine groups is 1. The van der Waals surface area contributed by atoms with Crippen molar-refractivity contribution in [2.45, 2.75) is 32.6 Å². The molecule has 0 aliphatic carbocycles. The molecule has 0 bridgehead atoms. The SMILES string of the molecule is Cc1cc(C(=O)C(=O)c2cccc(Cl)c2)ccc1OC(F)F.Cc1cc(C2(c3cccc(Cl)c3)N=C(N)N(C)C2=O)ccc1OC(F)F. The molecule has 4 aromatic carbocycles. The van der Waals surface area contributed by atoms with E-state index in [9.17, 15) is 31.9 Å². The van der Waals surface area contributed by atoms with Crippen LogP contribution in [0.25, 0.3) is 0 Å². The van der Waals surface area contributed by atoms with Crippen molar-refractivity contribution in [1.29, 1.82) is 0 Å². The van der Waals surface area contributed by atoms with Crippen LogP contribution in [0.3, 0.4) is 0 Å². The number of hydrogen-bond donors (Lipinski definition) is 1. The molecule has 0 fully saturated rings. The molecule has 1 unspecified atom stereocenters. The number of carbonyl (C=O) groups excluding carboxylic acids is 3. The fourth-order valence-electron chi connectivity index (χ4n) is 4.91. The number of likely N-dealkylation sites (N-methyl/N-ethyl adjacent to an activating group) is 1. The summed E-state index contributed by atoms with van der Waals surface area (Å²) in [5.41, 5.74) is 6.52. The molecule has 1 aliphatic heterocycles. The molecule has 0 spiro atoms.